The van der Waals surface area contributed by atoms with E-state index >= 15 is 0 Å². The third kappa shape index (κ3) is 3.87. The fraction of sp³-hybridized carbons (Fsp3) is 0.476. The lowest BCUT2D eigenvalue weighted by Crippen LogP contribution is -2.45. The van der Waals surface area contributed by atoms with E-state index < -0.39 is 10.0 Å². The minimum absolute atomic E-state index is 0.0181. The van der Waals surface area contributed by atoms with Crippen molar-refractivity contribution in [2.75, 3.05) is 38.1 Å². The van der Waals surface area contributed by atoms with Crippen molar-refractivity contribution in [3.63, 3.8) is 0 Å². The van der Waals surface area contributed by atoms with E-state index in [-0.39, 0.29) is 16.2 Å². The van der Waals surface area contributed by atoms with Crippen LogP contribution in [0.5, 0.6) is 0 Å². The first-order chi connectivity index (χ1) is 14.8. The molecule has 0 radical (unpaired) electrons. The van der Waals surface area contributed by atoms with Crippen molar-refractivity contribution in [3.8, 4) is 0 Å². The largest absolute Gasteiger partial charge is 0.369 e. The van der Waals surface area contributed by atoms with Crippen LogP contribution in [0.1, 0.15) is 23.1 Å². The number of hydrogen-bond donors (Lipinski definition) is 1. The second-order valence-corrected chi connectivity index (χ2v) is 11.3. The monoisotopic (exact) mass is 479 g/mol. The molecule has 5 rings (SSSR count). The molecule has 1 aromatic carbocycles. The molecule has 7 nitrogen and oxygen atoms in total. The molecular formula is C21H26ClN5O2S2. The number of fused-ring (bicyclic) bond motifs is 2. The molecule has 1 saturated heterocycles. The summed E-state index contributed by atoms with van der Waals surface area (Å²) in [5.74, 6) is 0. The SMILES string of the molecule is Cc1ccc(N2CCN(C)CC2)c2c1CC[C@@H](NS(=O)(=O)c1c(Cl)nc3sccn13)C2. The van der Waals surface area contributed by atoms with Gasteiger partial charge in [-0.1, -0.05) is 17.7 Å². The molecular weight excluding hydrogens is 454 g/mol. The van der Waals surface area contributed by atoms with Crippen LogP contribution >= 0.6 is 22.9 Å². The first-order valence-electron chi connectivity index (χ1n) is 10.5. The molecule has 0 bridgehead atoms. The Bertz CT molecular complexity index is 1230. The predicted molar refractivity (Wildman–Crippen MR) is 125 cm³/mol. The molecule has 1 N–H and O–H groups in total. The molecule has 2 aliphatic rings. The van der Waals surface area contributed by atoms with E-state index in [0.29, 0.717) is 11.4 Å². The first-order valence-corrected chi connectivity index (χ1v) is 13.3. The van der Waals surface area contributed by atoms with Crippen molar-refractivity contribution in [3.05, 3.63) is 45.6 Å². The molecule has 1 aliphatic heterocycles. The van der Waals surface area contributed by atoms with Gasteiger partial charge in [0, 0.05) is 49.5 Å². The summed E-state index contributed by atoms with van der Waals surface area (Å²) >= 11 is 7.56. The Morgan fingerprint density at radius 2 is 1.97 bits per heavy atom. The summed E-state index contributed by atoms with van der Waals surface area (Å²) < 4.78 is 30.9. The number of likely N-dealkylation sites (N-methyl/N-ethyl adjacent to an activating group) is 1. The lowest BCUT2D eigenvalue weighted by Gasteiger charge is -2.37. The molecule has 0 saturated carbocycles. The average Bonchev–Trinajstić information content (AvgIpc) is 3.28. The zero-order valence-electron chi connectivity index (χ0n) is 17.6. The van der Waals surface area contributed by atoms with Crippen LogP contribution in [0.3, 0.4) is 0 Å². The molecule has 1 atom stereocenters. The van der Waals surface area contributed by atoms with Gasteiger partial charge in [0.25, 0.3) is 10.0 Å². The maximum Gasteiger partial charge on any atom is 0.260 e. The van der Waals surface area contributed by atoms with Gasteiger partial charge in [0.05, 0.1) is 0 Å². The minimum Gasteiger partial charge on any atom is -0.369 e. The second-order valence-electron chi connectivity index (χ2n) is 8.47. The van der Waals surface area contributed by atoms with Gasteiger partial charge in [-0.15, -0.1) is 11.3 Å². The molecule has 166 valence electrons. The Balaban J connectivity index is 1.43. The maximum absolute atomic E-state index is 13.2. The van der Waals surface area contributed by atoms with Crippen molar-refractivity contribution in [1.29, 1.82) is 0 Å². The summed E-state index contributed by atoms with van der Waals surface area (Å²) in [6.45, 7) is 6.20. The fourth-order valence-electron chi connectivity index (χ4n) is 4.74. The van der Waals surface area contributed by atoms with Crippen molar-refractivity contribution in [1.82, 2.24) is 19.0 Å². The third-order valence-corrected chi connectivity index (χ3v) is 9.11. The Kier molecular flexibility index (Phi) is 5.50. The lowest BCUT2D eigenvalue weighted by molar-refractivity contribution is 0.312. The number of piperazine rings is 1. The summed E-state index contributed by atoms with van der Waals surface area (Å²) in [7, 11) is -1.64. The zero-order chi connectivity index (χ0) is 21.8. The molecule has 0 unspecified atom stereocenters. The number of nitrogens with one attached hydrogen (secondary N) is 1. The molecule has 1 fully saturated rings. The zero-order valence-corrected chi connectivity index (χ0v) is 20.0. The Morgan fingerprint density at radius 1 is 1.19 bits per heavy atom. The number of hydrogen-bond acceptors (Lipinski definition) is 6. The minimum atomic E-state index is -3.80. The highest BCUT2D eigenvalue weighted by atomic mass is 35.5. The van der Waals surface area contributed by atoms with Crippen molar-refractivity contribution < 1.29 is 8.42 Å². The van der Waals surface area contributed by atoms with E-state index in [1.165, 1.54) is 33.7 Å². The highest BCUT2D eigenvalue weighted by Gasteiger charge is 2.31. The fourth-order valence-corrected chi connectivity index (χ4v) is 7.46. The molecule has 3 heterocycles. The van der Waals surface area contributed by atoms with Crippen LogP contribution < -0.4 is 9.62 Å². The molecule has 3 aromatic rings. The Hall–Kier alpha value is -1.65. The van der Waals surface area contributed by atoms with Crippen LogP contribution in [-0.2, 0) is 22.9 Å². The van der Waals surface area contributed by atoms with E-state index in [1.54, 1.807) is 16.0 Å². The number of imidazole rings is 1. The van der Waals surface area contributed by atoms with Gasteiger partial charge in [0.2, 0.25) is 0 Å². The van der Waals surface area contributed by atoms with Crippen molar-refractivity contribution in [2.45, 2.75) is 37.3 Å². The molecule has 0 spiro atoms. The van der Waals surface area contributed by atoms with Gasteiger partial charge in [-0.3, -0.25) is 4.40 Å². The topological polar surface area (TPSA) is 69.9 Å². The normalized spacial score (nSPS) is 20.4. The van der Waals surface area contributed by atoms with Gasteiger partial charge in [-0.25, -0.2) is 18.1 Å². The summed E-state index contributed by atoms with van der Waals surface area (Å²) in [6.07, 6.45) is 4.01. The lowest BCUT2D eigenvalue weighted by atomic mass is 9.84. The van der Waals surface area contributed by atoms with Crippen molar-refractivity contribution >= 4 is 43.6 Å². The number of halogens is 1. The van der Waals surface area contributed by atoms with Crippen LogP contribution in [0.2, 0.25) is 5.15 Å². The van der Waals surface area contributed by atoms with Gasteiger partial charge in [-0.05, 0) is 56.0 Å². The van der Waals surface area contributed by atoms with Crippen LogP contribution in [-0.4, -0.2) is 62.0 Å². The summed E-state index contributed by atoms with van der Waals surface area (Å²) in [5, 5.41) is 1.85. The van der Waals surface area contributed by atoms with Gasteiger partial charge in [-0.2, -0.15) is 0 Å². The second kappa shape index (κ2) is 8.04. The highest BCUT2D eigenvalue weighted by molar-refractivity contribution is 7.89. The van der Waals surface area contributed by atoms with Gasteiger partial charge < -0.3 is 9.80 Å². The number of aromatic nitrogens is 2. The molecule has 2 aromatic heterocycles. The molecule has 0 amide bonds. The Morgan fingerprint density at radius 3 is 2.74 bits per heavy atom. The van der Waals surface area contributed by atoms with Crippen LogP contribution in [0.4, 0.5) is 5.69 Å². The van der Waals surface area contributed by atoms with E-state index in [1.807, 2.05) is 0 Å². The van der Waals surface area contributed by atoms with E-state index in [0.717, 1.165) is 39.0 Å². The van der Waals surface area contributed by atoms with Gasteiger partial charge in [0.15, 0.2) is 15.1 Å². The summed E-state index contributed by atoms with van der Waals surface area (Å²) in [4.78, 5) is 9.54. The van der Waals surface area contributed by atoms with E-state index in [4.69, 9.17) is 11.6 Å². The van der Waals surface area contributed by atoms with Crippen LogP contribution in [0.15, 0.2) is 28.7 Å². The van der Waals surface area contributed by atoms with Gasteiger partial charge in [0.1, 0.15) is 0 Å². The molecule has 10 heteroatoms. The summed E-state index contributed by atoms with van der Waals surface area (Å²) in [5.41, 5.74) is 5.19. The van der Waals surface area contributed by atoms with Crippen LogP contribution in [0, 0.1) is 6.92 Å². The smallest absolute Gasteiger partial charge is 0.260 e. The summed E-state index contributed by atoms with van der Waals surface area (Å²) in [6, 6.07) is 4.24. The number of benzene rings is 1. The molecule has 31 heavy (non-hydrogen) atoms. The Labute approximate surface area is 191 Å². The van der Waals surface area contributed by atoms with Crippen LogP contribution in [0.25, 0.3) is 4.96 Å². The van der Waals surface area contributed by atoms with E-state index in [2.05, 4.69) is 45.6 Å². The standard InChI is InChI=1S/C21H26ClN5O2S2/c1-14-3-6-18(26-9-7-25(2)8-10-26)17-13-15(4-5-16(14)17)24-31(28,29)20-19(22)23-21-27(20)11-12-30-21/h3,6,11-12,15,24H,4-5,7-10,13H2,1-2H3/t15-/m1/s1. The number of thiazole rings is 1. The number of sulfonamides is 1. The van der Waals surface area contributed by atoms with E-state index in [9.17, 15) is 8.42 Å². The molecule has 1 aliphatic carbocycles. The number of rotatable bonds is 4. The first kappa shape index (κ1) is 21.2. The van der Waals surface area contributed by atoms with Crippen molar-refractivity contribution in [2.24, 2.45) is 0 Å². The number of aryl methyl sites for hydroxylation is 1. The predicted octanol–water partition coefficient (Wildman–Crippen LogP) is 2.95. The average molecular weight is 480 g/mol. The van der Waals surface area contributed by atoms with Gasteiger partial charge >= 0.3 is 0 Å². The maximum atomic E-state index is 13.2. The number of anilines is 1. The quantitative estimate of drug-likeness (QED) is 0.623. The third-order valence-electron chi connectivity index (χ3n) is 6.43. The highest BCUT2D eigenvalue weighted by Crippen LogP contribution is 2.34. The number of nitrogens with zero attached hydrogens (tertiary/aromatic N) is 4.